The van der Waals surface area contributed by atoms with Gasteiger partial charge < -0.3 is 0 Å². The number of nitrogens with zero attached hydrogens (tertiary/aromatic N) is 2. The molecule has 2 nitrogen and oxygen atoms in total. The van der Waals surface area contributed by atoms with Crippen LogP contribution < -0.4 is 0 Å². The molecule has 0 saturated carbocycles. The molecule has 0 fully saturated rings. The number of hydrogen-bond acceptors (Lipinski definition) is 2. The van der Waals surface area contributed by atoms with Crippen LogP contribution in [-0.2, 0) is 6.42 Å². The third kappa shape index (κ3) is 3.22. The lowest BCUT2D eigenvalue weighted by atomic mass is 10.0. The third-order valence-corrected chi connectivity index (χ3v) is 3.04. The molecule has 0 atom stereocenters. The zero-order chi connectivity index (χ0) is 12.9. The van der Waals surface area contributed by atoms with Crippen molar-refractivity contribution in [3.05, 3.63) is 84.2 Å². The predicted molar refractivity (Wildman–Crippen MR) is 84.0 cm³/mol. The highest BCUT2D eigenvalue weighted by Gasteiger charge is 2.07. The number of pyridine rings is 2. The van der Waals surface area contributed by atoms with E-state index in [1.165, 1.54) is 11.1 Å². The number of hydrogen-bond donors (Lipinski definition) is 0. The lowest BCUT2D eigenvalue weighted by Crippen LogP contribution is -1.95. The van der Waals surface area contributed by atoms with Crippen molar-refractivity contribution in [1.82, 2.24) is 9.97 Å². The van der Waals surface area contributed by atoms with Crippen LogP contribution in [0.3, 0.4) is 0 Å². The first-order valence-electron chi connectivity index (χ1n) is 6.33. The van der Waals surface area contributed by atoms with Gasteiger partial charge in [-0.05, 0) is 35.7 Å². The van der Waals surface area contributed by atoms with Gasteiger partial charge in [-0.3, -0.25) is 9.97 Å². The van der Waals surface area contributed by atoms with Crippen molar-refractivity contribution in [2.24, 2.45) is 0 Å². The predicted octanol–water partition coefficient (Wildman–Crippen LogP) is 4.16. The maximum absolute atomic E-state index is 4.48. The Bertz CT molecular complexity index is 654. The summed E-state index contributed by atoms with van der Waals surface area (Å²) in [5.74, 6) is 0. The first-order chi connectivity index (χ1) is 9.43. The summed E-state index contributed by atoms with van der Waals surface area (Å²) in [4.78, 5) is 8.87. The zero-order valence-electron chi connectivity index (χ0n) is 10.9. The Hall–Kier alpha value is -2.19. The molecule has 20 heavy (non-hydrogen) atoms. The second-order valence-electron chi connectivity index (χ2n) is 4.39. The second kappa shape index (κ2) is 6.83. The summed E-state index contributed by atoms with van der Waals surface area (Å²) in [6.07, 6.45) is 4.50. The van der Waals surface area contributed by atoms with Gasteiger partial charge in [0.2, 0.25) is 0 Å². The van der Waals surface area contributed by atoms with E-state index in [4.69, 9.17) is 0 Å². The Morgan fingerprint density at radius 2 is 1.45 bits per heavy atom. The Morgan fingerprint density at radius 1 is 0.700 bits per heavy atom. The van der Waals surface area contributed by atoms with E-state index in [1.807, 2.05) is 36.5 Å². The fraction of sp³-hybridized carbons (Fsp3) is 0.0588. The summed E-state index contributed by atoms with van der Waals surface area (Å²) in [5, 5.41) is 0. The van der Waals surface area contributed by atoms with Gasteiger partial charge in [0.05, 0.1) is 11.4 Å². The van der Waals surface area contributed by atoms with Crippen LogP contribution in [0.4, 0.5) is 0 Å². The summed E-state index contributed by atoms with van der Waals surface area (Å²) in [7, 11) is 0. The van der Waals surface area contributed by atoms with Gasteiger partial charge in [0.25, 0.3) is 0 Å². The molecule has 100 valence electrons. The molecule has 0 aliphatic carbocycles. The van der Waals surface area contributed by atoms with Gasteiger partial charge in [0.1, 0.15) is 0 Å². The molecule has 2 aromatic heterocycles. The molecule has 0 bridgehead atoms. The minimum Gasteiger partial charge on any atom is -0.255 e. The van der Waals surface area contributed by atoms with E-state index in [1.54, 1.807) is 6.20 Å². The Labute approximate surface area is 125 Å². The molecule has 0 N–H and O–H groups in total. The lowest BCUT2D eigenvalue weighted by molar-refractivity contribution is 1.13. The molecule has 0 aliphatic rings. The van der Waals surface area contributed by atoms with E-state index < -0.39 is 0 Å². The summed E-state index contributed by atoms with van der Waals surface area (Å²) in [6.45, 7) is 0. The van der Waals surface area contributed by atoms with Gasteiger partial charge in [0.15, 0.2) is 0 Å². The first-order valence-corrected chi connectivity index (χ1v) is 6.33. The van der Waals surface area contributed by atoms with Crippen LogP contribution in [0, 0.1) is 0 Å². The molecular weight excluding hydrogens is 268 g/mol. The van der Waals surface area contributed by atoms with E-state index in [9.17, 15) is 0 Å². The quantitative estimate of drug-likeness (QED) is 0.721. The van der Waals surface area contributed by atoms with Gasteiger partial charge in [0, 0.05) is 12.4 Å². The molecular formula is C17H15ClN2. The maximum atomic E-state index is 4.48. The Kier molecular flexibility index (Phi) is 4.85. The van der Waals surface area contributed by atoms with Crippen molar-refractivity contribution in [3.63, 3.8) is 0 Å². The van der Waals surface area contributed by atoms with E-state index >= 15 is 0 Å². The van der Waals surface area contributed by atoms with Crippen LogP contribution in [0.2, 0.25) is 0 Å². The van der Waals surface area contributed by atoms with Crippen molar-refractivity contribution >= 4 is 12.4 Å². The van der Waals surface area contributed by atoms with Crippen LogP contribution in [-0.4, -0.2) is 9.97 Å². The monoisotopic (exact) mass is 282 g/mol. The first kappa shape index (κ1) is 14.2. The van der Waals surface area contributed by atoms with Crippen molar-refractivity contribution in [2.75, 3.05) is 0 Å². The molecule has 0 unspecified atom stereocenters. The molecule has 1 aromatic carbocycles. The van der Waals surface area contributed by atoms with Crippen molar-refractivity contribution in [3.8, 4) is 11.4 Å². The van der Waals surface area contributed by atoms with Gasteiger partial charge in [-0.15, -0.1) is 12.4 Å². The maximum Gasteiger partial charge on any atom is 0.0921 e. The van der Waals surface area contributed by atoms with E-state index in [2.05, 4.69) is 40.3 Å². The molecule has 3 heteroatoms. The van der Waals surface area contributed by atoms with Crippen molar-refractivity contribution in [1.29, 1.82) is 0 Å². The third-order valence-electron chi connectivity index (χ3n) is 3.04. The van der Waals surface area contributed by atoms with Crippen LogP contribution in [0.5, 0.6) is 0 Å². The van der Waals surface area contributed by atoms with Crippen LogP contribution in [0.15, 0.2) is 73.1 Å². The van der Waals surface area contributed by atoms with Gasteiger partial charge in [-0.25, -0.2) is 0 Å². The topological polar surface area (TPSA) is 25.8 Å². The smallest absolute Gasteiger partial charge is 0.0921 e. The molecule has 0 spiro atoms. The zero-order valence-corrected chi connectivity index (χ0v) is 11.8. The summed E-state index contributed by atoms with van der Waals surface area (Å²) >= 11 is 0. The largest absolute Gasteiger partial charge is 0.255 e. The Morgan fingerprint density at radius 3 is 2.20 bits per heavy atom. The van der Waals surface area contributed by atoms with Crippen LogP contribution in [0.25, 0.3) is 11.4 Å². The second-order valence-corrected chi connectivity index (χ2v) is 4.39. The molecule has 2 heterocycles. The fourth-order valence-corrected chi connectivity index (χ4v) is 2.13. The molecule has 0 saturated heterocycles. The number of aromatic nitrogens is 2. The standard InChI is InChI=1S/C17H14N2.ClH/c1-2-7-14(8-3-1)13-15-9-6-12-19-17(15)16-10-4-5-11-18-16;/h1-12H,13H2;1H. The Balaban J connectivity index is 0.00000147. The summed E-state index contributed by atoms with van der Waals surface area (Å²) in [6, 6.07) is 20.4. The van der Waals surface area contributed by atoms with E-state index in [0.29, 0.717) is 0 Å². The molecule has 0 radical (unpaired) electrons. The SMILES string of the molecule is Cl.c1ccc(Cc2cccnc2-c2ccccn2)cc1. The number of halogens is 1. The van der Waals surface area contributed by atoms with E-state index in [0.717, 1.165) is 17.8 Å². The van der Waals surface area contributed by atoms with Gasteiger partial charge in [-0.1, -0.05) is 42.5 Å². The van der Waals surface area contributed by atoms with Crippen LogP contribution in [0.1, 0.15) is 11.1 Å². The van der Waals surface area contributed by atoms with Crippen molar-refractivity contribution in [2.45, 2.75) is 6.42 Å². The molecule has 3 rings (SSSR count). The molecule has 3 aromatic rings. The average molecular weight is 283 g/mol. The molecule has 0 aliphatic heterocycles. The highest BCUT2D eigenvalue weighted by molar-refractivity contribution is 5.85. The minimum absolute atomic E-state index is 0. The lowest BCUT2D eigenvalue weighted by Gasteiger charge is -2.07. The normalized spacial score (nSPS) is 9.80. The highest BCUT2D eigenvalue weighted by Crippen LogP contribution is 2.21. The fourth-order valence-electron chi connectivity index (χ4n) is 2.13. The highest BCUT2D eigenvalue weighted by atomic mass is 35.5. The molecule has 0 amide bonds. The van der Waals surface area contributed by atoms with Crippen molar-refractivity contribution < 1.29 is 0 Å². The van der Waals surface area contributed by atoms with E-state index in [-0.39, 0.29) is 12.4 Å². The van der Waals surface area contributed by atoms with Gasteiger partial charge in [-0.2, -0.15) is 0 Å². The number of benzene rings is 1. The van der Waals surface area contributed by atoms with Crippen LogP contribution >= 0.6 is 12.4 Å². The number of rotatable bonds is 3. The minimum atomic E-state index is 0. The summed E-state index contributed by atoms with van der Waals surface area (Å²) < 4.78 is 0. The average Bonchev–Trinajstić information content (AvgIpc) is 2.50. The summed E-state index contributed by atoms with van der Waals surface area (Å²) in [5.41, 5.74) is 4.38. The van der Waals surface area contributed by atoms with Gasteiger partial charge >= 0.3 is 0 Å².